The lowest BCUT2D eigenvalue weighted by Gasteiger charge is -2.10. The van der Waals surface area contributed by atoms with Crippen LogP contribution in [0, 0.1) is 5.92 Å². The van der Waals surface area contributed by atoms with E-state index >= 15 is 0 Å². The van der Waals surface area contributed by atoms with E-state index in [1.54, 1.807) is 10.7 Å². The van der Waals surface area contributed by atoms with E-state index in [-0.39, 0.29) is 0 Å². The molecule has 3 rings (SSSR count). The fraction of sp³-hybridized carbons (Fsp3) is 0.455. The van der Waals surface area contributed by atoms with Crippen LogP contribution in [0.3, 0.4) is 0 Å². The van der Waals surface area contributed by atoms with Gasteiger partial charge in [-0.2, -0.15) is 5.10 Å². The number of hydrogen-bond donors (Lipinski definition) is 2. The lowest BCUT2D eigenvalue weighted by Crippen LogP contribution is -2.17. The Labute approximate surface area is 93.9 Å². The minimum absolute atomic E-state index is 0.725. The zero-order chi connectivity index (χ0) is 10.8. The van der Waals surface area contributed by atoms with Crippen molar-refractivity contribution in [1.29, 1.82) is 0 Å². The first kappa shape index (κ1) is 9.59. The van der Waals surface area contributed by atoms with Gasteiger partial charge in [0, 0.05) is 18.8 Å². The molecule has 0 radical (unpaired) electrons. The predicted octanol–water partition coefficient (Wildman–Crippen LogP) is 0.751. The summed E-state index contributed by atoms with van der Waals surface area (Å²) in [5.74, 6) is 1.66. The van der Waals surface area contributed by atoms with Crippen molar-refractivity contribution in [3.8, 4) is 0 Å². The Kier molecular flexibility index (Phi) is 2.46. The van der Waals surface area contributed by atoms with Crippen LogP contribution in [0.15, 0.2) is 24.5 Å². The SMILES string of the molecule is c1cc2nc(NCC3CCNC3)ccn2n1. The molecule has 5 nitrogen and oxygen atoms in total. The maximum atomic E-state index is 4.47. The molecule has 1 saturated heterocycles. The molecule has 1 fully saturated rings. The Bertz CT molecular complexity index is 472. The third kappa shape index (κ3) is 1.86. The van der Waals surface area contributed by atoms with Gasteiger partial charge >= 0.3 is 0 Å². The topological polar surface area (TPSA) is 54.2 Å². The summed E-state index contributed by atoms with van der Waals surface area (Å²) in [6.45, 7) is 3.24. The van der Waals surface area contributed by atoms with Crippen molar-refractivity contribution in [3.05, 3.63) is 24.5 Å². The van der Waals surface area contributed by atoms with Gasteiger partial charge in [-0.3, -0.25) is 0 Å². The van der Waals surface area contributed by atoms with E-state index in [2.05, 4.69) is 20.7 Å². The Hall–Kier alpha value is -1.62. The van der Waals surface area contributed by atoms with Gasteiger partial charge in [-0.15, -0.1) is 0 Å². The fourth-order valence-electron chi connectivity index (χ4n) is 2.05. The summed E-state index contributed by atoms with van der Waals surface area (Å²) in [5, 5.41) is 10.8. The van der Waals surface area contributed by atoms with Crippen molar-refractivity contribution in [3.63, 3.8) is 0 Å². The van der Waals surface area contributed by atoms with Gasteiger partial charge in [0.25, 0.3) is 0 Å². The van der Waals surface area contributed by atoms with Crippen LogP contribution in [0.5, 0.6) is 0 Å². The Morgan fingerprint density at radius 2 is 2.50 bits per heavy atom. The zero-order valence-electron chi connectivity index (χ0n) is 9.06. The molecule has 0 spiro atoms. The van der Waals surface area contributed by atoms with E-state index in [1.165, 1.54) is 6.42 Å². The quantitative estimate of drug-likeness (QED) is 0.796. The number of nitrogens with zero attached hydrogens (tertiary/aromatic N) is 3. The molecule has 1 unspecified atom stereocenters. The van der Waals surface area contributed by atoms with Crippen LogP contribution < -0.4 is 10.6 Å². The molecule has 84 valence electrons. The van der Waals surface area contributed by atoms with Gasteiger partial charge in [0.15, 0.2) is 5.65 Å². The number of rotatable bonds is 3. The maximum Gasteiger partial charge on any atom is 0.157 e. The maximum absolute atomic E-state index is 4.47. The predicted molar refractivity (Wildman–Crippen MR) is 62.5 cm³/mol. The van der Waals surface area contributed by atoms with Crippen LogP contribution >= 0.6 is 0 Å². The summed E-state index contributed by atoms with van der Waals surface area (Å²) in [6, 6.07) is 3.87. The van der Waals surface area contributed by atoms with Gasteiger partial charge < -0.3 is 10.6 Å². The van der Waals surface area contributed by atoms with Crippen LogP contribution in [0.4, 0.5) is 5.82 Å². The highest BCUT2D eigenvalue weighted by Gasteiger charge is 2.13. The van der Waals surface area contributed by atoms with E-state index < -0.39 is 0 Å². The molecule has 2 aromatic rings. The van der Waals surface area contributed by atoms with Crippen molar-refractivity contribution in [2.24, 2.45) is 5.92 Å². The van der Waals surface area contributed by atoms with Crippen molar-refractivity contribution in [2.75, 3.05) is 25.0 Å². The van der Waals surface area contributed by atoms with E-state index in [4.69, 9.17) is 0 Å². The summed E-state index contributed by atoms with van der Waals surface area (Å²) in [6.07, 6.45) is 4.94. The fourth-order valence-corrected chi connectivity index (χ4v) is 2.05. The van der Waals surface area contributed by atoms with Crippen molar-refractivity contribution in [1.82, 2.24) is 19.9 Å². The second-order valence-corrected chi connectivity index (χ2v) is 4.19. The average Bonchev–Trinajstić information content (AvgIpc) is 2.97. The summed E-state index contributed by atoms with van der Waals surface area (Å²) >= 11 is 0. The lowest BCUT2D eigenvalue weighted by atomic mass is 10.1. The molecular formula is C11H15N5. The van der Waals surface area contributed by atoms with E-state index in [0.29, 0.717) is 0 Å². The van der Waals surface area contributed by atoms with Gasteiger partial charge in [0.05, 0.1) is 6.20 Å². The molecule has 0 amide bonds. The molecule has 5 heteroatoms. The third-order valence-corrected chi connectivity index (χ3v) is 2.99. The van der Waals surface area contributed by atoms with Crippen LogP contribution in [0.25, 0.3) is 5.65 Å². The first-order chi connectivity index (χ1) is 7.92. The summed E-state index contributed by atoms with van der Waals surface area (Å²) in [7, 11) is 0. The van der Waals surface area contributed by atoms with Gasteiger partial charge in [-0.05, 0) is 31.5 Å². The lowest BCUT2D eigenvalue weighted by molar-refractivity contribution is 0.614. The molecule has 0 saturated carbocycles. The second-order valence-electron chi connectivity index (χ2n) is 4.19. The van der Waals surface area contributed by atoms with Crippen molar-refractivity contribution in [2.45, 2.75) is 6.42 Å². The van der Waals surface area contributed by atoms with Gasteiger partial charge in [0.2, 0.25) is 0 Å². The molecule has 1 aliphatic heterocycles. The highest BCUT2D eigenvalue weighted by molar-refractivity contribution is 5.45. The van der Waals surface area contributed by atoms with Crippen molar-refractivity contribution < 1.29 is 0 Å². The van der Waals surface area contributed by atoms with E-state index in [9.17, 15) is 0 Å². The minimum Gasteiger partial charge on any atom is -0.370 e. The minimum atomic E-state index is 0.725. The largest absolute Gasteiger partial charge is 0.370 e. The molecule has 2 N–H and O–H groups in total. The number of hydrogen-bond acceptors (Lipinski definition) is 4. The molecule has 0 aromatic carbocycles. The smallest absolute Gasteiger partial charge is 0.157 e. The Morgan fingerprint density at radius 1 is 1.50 bits per heavy atom. The second kappa shape index (κ2) is 4.09. The van der Waals surface area contributed by atoms with Gasteiger partial charge in [-0.1, -0.05) is 0 Å². The van der Waals surface area contributed by atoms with Gasteiger partial charge in [0.1, 0.15) is 5.82 Å². The molecule has 2 aromatic heterocycles. The molecule has 16 heavy (non-hydrogen) atoms. The first-order valence-corrected chi connectivity index (χ1v) is 5.67. The number of nitrogens with one attached hydrogen (secondary N) is 2. The Balaban J connectivity index is 1.68. The van der Waals surface area contributed by atoms with Crippen LogP contribution in [0.2, 0.25) is 0 Å². The summed E-state index contributed by atoms with van der Waals surface area (Å²) < 4.78 is 1.77. The van der Waals surface area contributed by atoms with Gasteiger partial charge in [-0.25, -0.2) is 9.50 Å². The van der Waals surface area contributed by atoms with Crippen LogP contribution in [0.1, 0.15) is 6.42 Å². The number of anilines is 1. The van der Waals surface area contributed by atoms with Crippen molar-refractivity contribution >= 4 is 11.5 Å². The highest BCUT2D eigenvalue weighted by Crippen LogP contribution is 2.10. The molecule has 1 aliphatic rings. The number of aromatic nitrogens is 3. The van der Waals surface area contributed by atoms with E-state index in [0.717, 1.165) is 37.0 Å². The standard InChI is InChI=1S/C11H15N5/c1-4-12-7-9(1)8-13-10-3-6-16-11(15-10)2-5-14-16/h2-3,5-6,9,12H,1,4,7-8H2,(H,13,15). The summed E-state index contributed by atoms with van der Waals surface area (Å²) in [5.41, 5.74) is 0.884. The molecular weight excluding hydrogens is 202 g/mol. The first-order valence-electron chi connectivity index (χ1n) is 5.67. The van der Waals surface area contributed by atoms with Crippen LogP contribution in [-0.2, 0) is 0 Å². The van der Waals surface area contributed by atoms with Crippen LogP contribution in [-0.4, -0.2) is 34.2 Å². The highest BCUT2D eigenvalue weighted by atomic mass is 15.2. The molecule has 0 aliphatic carbocycles. The third-order valence-electron chi connectivity index (χ3n) is 2.99. The molecule has 3 heterocycles. The molecule has 1 atom stereocenters. The van der Waals surface area contributed by atoms with E-state index in [1.807, 2.05) is 18.3 Å². The molecule has 0 bridgehead atoms. The monoisotopic (exact) mass is 217 g/mol. The Morgan fingerprint density at radius 3 is 3.38 bits per heavy atom. The average molecular weight is 217 g/mol. The summed E-state index contributed by atoms with van der Waals surface area (Å²) in [4.78, 5) is 4.47. The number of fused-ring (bicyclic) bond motifs is 1. The normalized spacial score (nSPS) is 20.4. The zero-order valence-corrected chi connectivity index (χ0v) is 9.06.